The van der Waals surface area contributed by atoms with Gasteiger partial charge in [-0.25, -0.2) is 9.37 Å². The molecule has 0 unspecified atom stereocenters. The van der Waals surface area contributed by atoms with E-state index in [2.05, 4.69) is 10.9 Å². The van der Waals surface area contributed by atoms with Crippen molar-refractivity contribution >= 4 is 10.9 Å². The molecule has 2 nitrogen and oxygen atoms in total. The number of terminal acetylenes is 1. The highest BCUT2D eigenvalue weighted by atomic mass is 19.2. The van der Waals surface area contributed by atoms with E-state index >= 15 is 0 Å². The Labute approximate surface area is 117 Å². The van der Waals surface area contributed by atoms with Gasteiger partial charge in [-0.05, 0) is 17.5 Å². The summed E-state index contributed by atoms with van der Waals surface area (Å²) >= 11 is 0. The fourth-order valence-electron chi connectivity index (χ4n) is 1.95. The average Bonchev–Trinajstić information content (AvgIpc) is 2.42. The molecule has 1 N–H and O–H groups in total. The Kier molecular flexibility index (Phi) is 5.04. The number of pyridine rings is 1. The van der Waals surface area contributed by atoms with E-state index < -0.39 is 11.8 Å². The van der Waals surface area contributed by atoms with Gasteiger partial charge in [-0.1, -0.05) is 33.6 Å². The normalized spacial score (nSPS) is 10.1. The molecule has 4 heteroatoms. The zero-order chi connectivity index (χ0) is 15.4. The number of fused-ring (bicyclic) bond motifs is 1. The van der Waals surface area contributed by atoms with Crippen LogP contribution in [0.3, 0.4) is 0 Å². The molecular formula is C16H17F2NO. The molecule has 0 saturated carbocycles. The first kappa shape index (κ1) is 15.9. The first-order chi connectivity index (χ1) is 9.45. The van der Waals surface area contributed by atoms with Crippen molar-refractivity contribution in [2.75, 3.05) is 0 Å². The topological polar surface area (TPSA) is 33.1 Å². The number of nitrogens with zero attached hydrogens (tertiary/aromatic N) is 1. The Bertz CT molecular complexity index is 672. The average molecular weight is 277 g/mol. The summed E-state index contributed by atoms with van der Waals surface area (Å²) in [5, 5.41) is 9.95. The van der Waals surface area contributed by atoms with Crippen molar-refractivity contribution < 1.29 is 13.9 Å². The van der Waals surface area contributed by atoms with E-state index in [0.29, 0.717) is 10.9 Å². The minimum atomic E-state index is -1.25. The third kappa shape index (κ3) is 2.72. The lowest BCUT2D eigenvalue weighted by Crippen LogP contribution is -2.00. The van der Waals surface area contributed by atoms with Crippen LogP contribution < -0.4 is 0 Å². The van der Waals surface area contributed by atoms with E-state index in [4.69, 9.17) is 6.42 Å². The van der Waals surface area contributed by atoms with Crippen LogP contribution in [0.25, 0.3) is 10.9 Å². The van der Waals surface area contributed by atoms with Gasteiger partial charge in [0.05, 0.1) is 11.1 Å². The van der Waals surface area contributed by atoms with Crippen LogP contribution in [0.2, 0.25) is 0 Å². The van der Waals surface area contributed by atoms with Gasteiger partial charge < -0.3 is 5.11 Å². The number of halogens is 2. The summed E-state index contributed by atoms with van der Waals surface area (Å²) in [7, 11) is 0. The fraction of sp³-hybridized carbons (Fsp3) is 0.312. The molecule has 2 aromatic rings. The molecule has 1 aromatic carbocycles. The first-order valence-electron chi connectivity index (χ1n) is 6.44. The Morgan fingerprint density at radius 1 is 1.25 bits per heavy atom. The van der Waals surface area contributed by atoms with Crippen LogP contribution in [-0.2, 0) is 0 Å². The van der Waals surface area contributed by atoms with E-state index in [9.17, 15) is 13.9 Å². The molecule has 1 heterocycles. The molecule has 106 valence electrons. The Morgan fingerprint density at radius 2 is 1.85 bits per heavy atom. The zero-order valence-corrected chi connectivity index (χ0v) is 12.0. The third-order valence-corrected chi connectivity index (χ3v) is 2.77. The second-order valence-corrected chi connectivity index (χ2v) is 4.32. The molecule has 0 bridgehead atoms. The molecule has 0 aliphatic rings. The summed E-state index contributed by atoms with van der Waals surface area (Å²) in [6.07, 6.45) is 5.25. The quantitative estimate of drug-likeness (QED) is 0.621. The Hall–Kier alpha value is -2.15. The molecule has 20 heavy (non-hydrogen) atoms. The molecule has 1 aromatic heterocycles. The van der Waals surface area contributed by atoms with Gasteiger partial charge in [0.1, 0.15) is 5.75 Å². The van der Waals surface area contributed by atoms with Gasteiger partial charge in [-0.15, -0.1) is 6.42 Å². The molecular weight excluding hydrogens is 260 g/mol. The molecule has 2 rings (SSSR count). The highest BCUT2D eigenvalue weighted by molar-refractivity contribution is 5.90. The number of hydrogen-bond acceptors (Lipinski definition) is 2. The van der Waals surface area contributed by atoms with Crippen molar-refractivity contribution in [3.05, 3.63) is 35.0 Å². The summed E-state index contributed by atoms with van der Waals surface area (Å²) in [5.74, 6) is -0.274. The predicted molar refractivity (Wildman–Crippen MR) is 76.7 cm³/mol. The monoisotopic (exact) mass is 277 g/mol. The number of aromatic nitrogens is 1. The second kappa shape index (κ2) is 6.33. The van der Waals surface area contributed by atoms with Crippen LogP contribution in [0.1, 0.15) is 44.7 Å². The van der Waals surface area contributed by atoms with Crippen LogP contribution in [0.5, 0.6) is 5.75 Å². The minimum Gasteiger partial charge on any atom is -0.508 e. The lowest BCUT2D eigenvalue weighted by atomic mass is 9.94. The SMILES string of the molecule is C#Cc1c(F)c(F)nc2cc(O)cc(C(C)C)c12.CC. The van der Waals surface area contributed by atoms with Crippen molar-refractivity contribution in [3.63, 3.8) is 0 Å². The summed E-state index contributed by atoms with van der Waals surface area (Å²) < 4.78 is 26.9. The van der Waals surface area contributed by atoms with Gasteiger partial charge in [-0.3, -0.25) is 0 Å². The standard InChI is InChI=1S/C14H11F2NO.C2H6/c1-4-9-12-10(7(2)3)5-8(18)6-11(12)17-14(16)13(9)15;1-2/h1,5-7,18H,2-3H3;1-2H3. The molecule has 0 aliphatic carbocycles. The van der Waals surface area contributed by atoms with Crippen molar-refractivity contribution in [1.82, 2.24) is 4.98 Å². The molecule has 0 spiro atoms. The number of aromatic hydroxyl groups is 1. The number of benzene rings is 1. The van der Waals surface area contributed by atoms with Crippen molar-refractivity contribution in [2.24, 2.45) is 0 Å². The summed E-state index contributed by atoms with van der Waals surface area (Å²) in [6, 6.07) is 2.76. The first-order valence-corrected chi connectivity index (χ1v) is 6.44. The van der Waals surface area contributed by atoms with Gasteiger partial charge in [0.2, 0.25) is 0 Å². The number of hydrogen-bond donors (Lipinski definition) is 1. The lowest BCUT2D eigenvalue weighted by Gasteiger charge is -2.12. The zero-order valence-electron chi connectivity index (χ0n) is 12.0. The Balaban J connectivity index is 0.000000956. The van der Waals surface area contributed by atoms with Crippen molar-refractivity contribution in [3.8, 4) is 18.1 Å². The number of phenols is 1. The fourth-order valence-corrected chi connectivity index (χ4v) is 1.95. The Morgan fingerprint density at radius 3 is 2.35 bits per heavy atom. The van der Waals surface area contributed by atoms with Crippen LogP contribution >= 0.6 is 0 Å². The van der Waals surface area contributed by atoms with Gasteiger partial charge in [-0.2, -0.15) is 4.39 Å². The maximum atomic E-state index is 13.6. The summed E-state index contributed by atoms with van der Waals surface area (Å²) in [5.41, 5.74) is 0.649. The largest absolute Gasteiger partial charge is 0.508 e. The van der Waals surface area contributed by atoms with Crippen LogP contribution in [0, 0.1) is 24.1 Å². The van der Waals surface area contributed by atoms with E-state index in [-0.39, 0.29) is 22.7 Å². The highest BCUT2D eigenvalue weighted by Gasteiger charge is 2.18. The molecule has 0 amide bonds. The van der Waals surface area contributed by atoms with Gasteiger partial charge in [0, 0.05) is 11.5 Å². The lowest BCUT2D eigenvalue weighted by molar-refractivity contribution is 0.472. The molecule has 0 radical (unpaired) electrons. The van der Waals surface area contributed by atoms with Gasteiger partial charge in [0.25, 0.3) is 5.95 Å². The minimum absolute atomic E-state index is 0.00152. The summed E-state index contributed by atoms with van der Waals surface area (Å²) in [6.45, 7) is 7.74. The van der Waals surface area contributed by atoms with Gasteiger partial charge >= 0.3 is 0 Å². The van der Waals surface area contributed by atoms with Crippen LogP contribution in [-0.4, -0.2) is 10.1 Å². The van der Waals surface area contributed by atoms with Gasteiger partial charge in [0.15, 0.2) is 5.82 Å². The number of phenolic OH excluding ortho intramolecular Hbond substituents is 1. The predicted octanol–water partition coefficient (Wildman–Crippen LogP) is 4.35. The van der Waals surface area contributed by atoms with E-state index in [1.54, 1.807) is 0 Å². The molecule has 0 aliphatic heterocycles. The molecule has 0 atom stereocenters. The second-order valence-electron chi connectivity index (χ2n) is 4.32. The maximum absolute atomic E-state index is 13.6. The maximum Gasteiger partial charge on any atom is 0.250 e. The van der Waals surface area contributed by atoms with E-state index in [0.717, 1.165) is 0 Å². The van der Waals surface area contributed by atoms with E-state index in [1.807, 2.05) is 27.7 Å². The van der Waals surface area contributed by atoms with Crippen molar-refractivity contribution in [1.29, 1.82) is 0 Å². The van der Waals surface area contributed by atoms with Crippen molar-refractivity contribution in [2.45, 2.75) is 33.6 Å². The van der Waals surface area contributed by atoms with E-state index in [1.165, 1.54) is 12.1 Å². The smallest absolute Gasteiger partial charge is 0.250 e. The number of rotatable bonds is 1. The van der Waals surface area contributed by atoms with Crippen LogP contribution in [0.4, 0.5) is 8.78 Å². The van der Waals surface area contributed by atoms with Crippen LogP contribution in [0.15, 0.2) is 12.1 Å². The summed E-state index contributed by atoms with van der Waals surface area (Å²) in [4.78, 5) is 3.49. The molecule has 0 saturated heterocycles. The third-order valence-electron chi connectivity index (χ3n) is 2.77. The molecule has 0 fully saturated rings. The highest BCUT2D eigenvalue weighted by Crippen LogP contribution is 2.32.